The van der Waals surface area contributed by atoms with E-state index >= 15 is 0 Å². The Balaban J connectivity index is 2.25. The van der Waals surface area contributed by atoms with Gasteiger partial charge in [-0.2, -0.15) is 0 Å². The summed E-state index contributed by atoms with van der Waals surface area (Å²) in [6.07, 6.45) is 1.34. The van der Waals surface area contributed by atoms with Crippen molar-refractivity contribution in [2.45, 2.75) is 73.0 Å². The van der Waals surface area contributed by atoms with Crippen LogP contribution in [0.5, 0.6) is 5.75 Å². The fourth-order valence-corrected chi connectivity index (χ4v) is 3.69. The average Bonchev–Trinajstić information content (AvgIpc) is 2.75. The first-order valence-electron chi connectivity index (χ1n) is 11.2. The molecule has 2 amide bonds. The van der Waals surface area contributed by atoms with Crippen molar-refractivity contribution in [2.24, 2.45) is 0 Å². The van der Waals surface area contributed by atoms with E-state index in [9.17, 15) is 9.59 Å². The summed E-state index contributed by atoms with van der Waals surface area (Å²) in [5.41, 5.74) is 3.87. The molecule has 174 valence electrons. The standard InChI is InChI=1S/C26H35ClN2O3/c1-7-20(6)28-26(31)23(8-2)29(15-21-11-9-10-17(3)12-21)24(30)16-32-22-13-18(4)25(27)19(5)14-22/h9-14,20,23H,7-8,15-16H2,1-6H3,(H,28,31)/t20-,23-/m1/s1. The summed E-state index contributed by atoms with van der Waals surface area (Å²) in [7, 11) is 0. The minimum absolute atomic E-state index is 0.0451. The SMILES string of the molecule is CC[C@@H](C)NC(=O)[C@@H](CC)N(Cc1cccc(C)c1)C(=O)COc1cc(C)c(Cl)c(C)c1. The number of nitrogens with one attached hydrogen (secondary N) is 1. The topological polar surface area (TPSA) is 58.6 Å². The Hall–Kier alpha value is -2.53. The first-order chi connectivity index (χ1) is 15.2. The third-order valence-electron chi connectivity index (χ3n) is 5.59. The van der Waals surface area contributed by atoms with E-state index in [0.717, 1.165) is 28.7 Å². The molecule has 0 bridgehead atoms. The molecule has 5 nitrogen and oxygen atoms in total. The largest absolute Gasteiger partial charge is 0.484 e. The molecule has 0 spiro atoms. The van der Waals surface area contributed by atoms with Crippen molar-refractivity contribution < 1.29 is 14.3 Å². The summed E-state index contributed by atoms with van der Waals surface area (Å²) in [5.74, 6) is 0.217. The number of hydrogen-bond donors (Lipinski definition) is 1. The first kappa shape index (κ1) is 25.7. The fraction of sp³-hybridized carbons (Fsp3) is 0.462. The van der Waals surface area contributed by atoms with Gasteiger partial charge in [0.2, 0.25) is 5.91 Å². The lowest BCUT2D eigenvalue weighted by atomic mass is 10.1. The van der Waals surface area contributed by atoms with E-state index in [2.05, 4.69) is 5.32 Å². The van der Waals surface area contributed by atoms with Gasteiger partial charge in [-0.15, -0.1) is 0 Å². The van der Waals surface area contributed by atoms with Crippen LogP contribution in [-0.4, -0.2) is 35.4 Å². The summed E-state index contributed by atoms with van der Waals surface area (Å²) in [4.78, 5) is 27.9. The highest BCUT2D eigenvalue weighted by Gasteiger charge is 2.29. The van der Waals surface area contributed by atoms with Gasteiger partial charge in [0.1, 0.15) is 11.8 Å². The number of benzene rings is 2. The Morgan fingerprint density at radius 3 is 2.28 bits per heavy atom. The van der Waals surface area contributed by atoms with Gasteiger partial charge in [0.15, 0.2) is 6.61 Å². The zero-order valence-corrected chi connectivity index (χ0v) is 20.8. The summed E-state index contributed by atoms with van der Waals surface area (Å²) < 4.78 is 5.82. The van der Waals surface area contributed by atoms with E-state index < -0.39 is 6.04 Å². The lowest BCUT2D eigenvalue weighted by Gasteiger charge is -2.31. The van der Waals surface area contributed by atoms with Crippen LogP contribution in [0.2, 0.25) is 5.02 Å². The van der Waals surface area contributed by atoms with Gasteiger partial charge in [-0.05, 0) is 69.4 Å². The van der Waals surface area contributed by atoms with Crippen LogP contribution < -0.4 is 10.1 Å². The summed E-state index contributed by atoms with van der Waals surface area (Å²) >= 11 is 6.24. The second-order valence-corrected chi connectivity index (χ2v) is 8.79. The maximum Gasteiger partial charge on any atom is 0.261 e. The molecule has 0 aliphatic rings. The van der Waals surface area contributed by atoms with Crippen molar-refractivity contribution in [3.05, 3.63) is 63.7 Å². The Morgan fingerprint density at radius 2 is 1.72 bits per heavy atom. The molecular weight excluding hydrogens is 424 g/mol. The van der Waals surface area contributed by atoms with Crippen molar-refractivity contribution in [3.8, 4) is 5.75 Å². The maximum atomic E-state index is 13.3. The average molecular weight is 459 g/mol. The van der Waals surface area contributed by atoms with Crippen LogP contribution in [0, 0.1) is 20.8 Å². The number of hydrogen-bond acceptors (Lipinski definition) is 3. The molecule has 0 aromatic heterocycles. The van der Waals surface area contributed by atoms with Gasteiger partial charge >= 0.3 is 0 Å². The zero-order chi connectivity index (χ0) is 23.8. The molecule has 0 radical (unpaired) electrons. The van der Waals surface area contributed by atoms with Crippen LogP contribution in [-0.2, 0) is 16.1 Å². The van der Waals surface area contributed by atoms with Crippen LogP contribution in [0.25, 0.3) is 0 Å². The molecule has 32 heavy (non-hydrogen) atoms. The second kappa shape index (κ2) is 11.9. The van der Waals surface area contributed by atoms with Gasteiger partial charge in [-0.3, -0.25) is 9.59 Å². The Labute approximate surface area is 197 Å². The van der Waals surface area contributed by atoms with E-state index in [0.29, 0.717) is 23.7 Å². The quantitative estimate of drug-likeness (QED) is 0.521. The van der Waals surface area contributed by atoms with Gasteiger partial charge in [0.25, 0.3) is 5.91 Å². The highest BCUT2D eigenvalue weighted by Crippen LogP contribution is 2.26. The summed E-state index contributed by atoms with van der Waals surface area (Å²) in [6, 6.07) is 11.1. The molecule has 0 saturated carbocycles. The van der Waals surface area contributed by atoms with Crippen molar-refractivity contribution in [1.82, 2.24) is 10.2 Å². The molecular formula is C26H35ClN2O3. The molecule has 1 N–H and O–H groups in total. The second-order valence-electron chi connectivity index (χ2n) is 8.41. The molecule has 0 saturated heterocycles. The molecule has 0 fully saturated rings. The highest BCUT2D eigenvalue weighted by molar-refractivity contribution is 6.32. The van der Waals surface area contributed by atoms with E-state index in [1.54, 1.807) is 4.90 Å². The number of carbonyl (C=O) groups is 2. The van der Waals surface area contributed by atoms with Crippen LogP contribution in [0.15, 0.2) is 36.4 Å². The number of halogens is 1. The Morgan fingerprint density at radius 1 is 1.06 bits per heavy atom. The molecule has 2 rings (SSSR count). The predicted octanol–water partition coefficient (Wildman–Crippen LogP) is 5.37. The predicted molar refractivity (Wildman–Crippen MR) is 130 cm³/mol. The van der Waals surface area contributed by atoms with Crippen molar-refractivity contribution >= 4 is 23.4 Å². The van der Waals surface area contributed by atoms with E-state index in [4.69, 9.17) is 16.3 Å². The molecule has 2 aromatic carbocycles. The fourth-order valence-electron chi connectivity index (χ4n) is 3.59. The van der Waals surface area contributed by atoms with Crippen LogP contribution in [0.4, 0.5) is 0 Å². The molecule has 2 atom stereocenters. The van der Waals surface area contributed by atoms with Gasteiger partial charge in [0.05, 0.1) is 0 Å². The van der Waals surface area contributed by atoms with Crippen LogP contribution in [0.3, 0.4) is 0 Å². The van der Waals surface area contributed by atoms with E-state index in [1.807, 2.05) is 77.9 Å². The minimum Gasteiger partial charge on any atom is -0.484 e. The lowest BCUT2D eigenvalue weighted by molar-refractivity contribution is -0.143. The Bertz CT molecular complexity index is 921. The molecule has 0 aliphatic heterocycles. The molecule has 2 aromatic rings. The van der Waals surface area contributed by atoms with Gasteiger partial charge < -0.3 is 15.0 Å². The number of ether oxygens (including phenoxy) is 1. The molecule has 0 unspecified atom stereocenters. The first-order valence-corrected chi connectivity index (χ1v) is 11.6. The third-order valence-corrected chi connectivity index (χ3v) is 6.19. The monoisotopic (exact) mass is 458 g/mol. The summed E-state index contributed by atoms with van der Waals surface area (Å²) in [5, 5.41) is 3.71. The lowest BCUT2D eigenvalue weighted by Crippen LogP contribution is -2.51. The van der Waals surface area contributed by atoms with E-state index in [1.165, 1.54) is 0 Å². The molecule has 0 heterocycles. The normalized spacial score (nSPS) is 12.7. The van der Waals surface area contributed by atoms with Crippen LogP contribution >= 0.6 is 11.6 Å². The molecule has 0 aliphatic carbocycles. The third kappa shape index (κ3) is 6.99. The minimum atomic E-state index is -0.575. The van der Waals surface area contributed by atoms with Gasteiger partial charge in [-0.25, -0.2) is 0 Å². The maximum absolute atomic E-state index is 13.3. The molecule has 6 heteroatoms. The number of nitrogens with zero attached hydrogens (tertiary/aromatic N) is 1. The number of amides is 2. The van der Waals surface area contributed by atoms with E-state index in [-0.39, 0.29) is 24.5 Å². The number of rotatable bonds is 10. The van der Waals surface area contributed by atoms with Gasteiger partial charge in [0, 0.05) is 17.6 Å². The number of carbonyl (C=O) groups excluding carboxylic acids is 2. The summed E-state index contributed by atoms with van der Waals surface area (Å²) in [6.45, 7) is 11.9. The van der Waals surface area contributed by atoms with Gasteiger partial charge in [-0.1, -0.05) is 55.3 Å². The number of aryl methyl sites for hydroxylation is 3. The van der Waals surface area contributed by atoms with Crippen molar-refractivity contribution in [3.63, 3.8) is 0 Å². The Kier molecular flexibility index (Phi) is 9.58. The van der Waals surface area contributed by atoms with Crippen molar-refractivity contribution in [2.75, 3.05) is 6.61 Å². The smallest absolute Gasteiger partial charge is 0.261 e. The highest BCUT2D eigenvalue weighted by atomic mass is 35.5. The van der Waals surface area contributed by atoms with Crippen LogP contribution in [0.1, 0.15) is 55.9 Å². The zero-order valence-electron chi connectivity index (χ0n) is 20.0. The van der Waals surface area contributed by atoms with Crippen molar-refractivity contribution in [1.29, 1.82) is 0 Å².